The molecule has 0 aliphatic carbocycles. The fourth-order valence-electron chi connectivity index (χ4n) is 4.00. The lowest BCUT2D eigenvalue weighted by atomic mass is 10.0. The van der Waals surface area contributed by atoms with Crippen LogP contribution in [0.2, 0.25) is 0 Å². The summed E-state index contributed by atoms with van der Waals surface area (Å²) in [5.41, 5.74) is 4.80. The lowest BCUT2D eigenvalue weighted by molar-refractivity contribution is -0.120. The number of likely N-dealkylation sites (N-methyl/N-ethyl adjacent to an activating group) is 1. The average Bonchev–Trinajstić information content (AvgIpc) is 3.09. The number of anilines is 2. The van der Waals surface area contributed by atoms with E-state index in [1.54, 1.807) is 4.90 Å². The maximum Gasteiger partial charge on any atom is 0.282 e. The van der Waals surface area contributed by atoms with Crippen LogP contribution >= 0.6 is 0 Å². The van der Waals surface area contributed by atoms with Crippen LogP contribution in [0.15, 0.2) is 78.5 Å². The van der Waals surface area contributed by atoms with Gasteiger partial charge >= 0.3 is 0 Å². The van der Waals surface area contributed by atoms with Gasteiger partial charge in [0.05, 0.1) is 17.9 Å². The SMILES string of the molecule is CCCOc1ccc(C2=C(N(C)c3ccccc3)C(=O)N(c3cccc(C)c3C)C2=O)cc1. The predicted octanol–water partition coefficient (Wildman–Crippen LogP) is 5.51. The molecule has 0 fully saturated rings. The van der Waals surface area contributed by atoms with Gasteiger partial charge in [-0.05, 0) is 67.3 Å². The number of imide groups is 1. The molecule has 0 unspecified atom stereocenters. The van der Waals surface area contributed by atoms with Crippen LogP contribution in [0.3, 0.4) is 0 Å². The Kier molecular flexibility index (Phi) is 6.31. The number of aryl methyl sites for hydroxylation is 1. The molecular formula is C28H28N2O3. The highest BCUT2D eigenvalue weighted by Gasteiger charge is 2.42. The first-order chi connectivity index (χ1) is 15.9. The number of hydrogen-bond donors (Lipinski definition) is 0. The molecule has 168 valence electrons. The van der Waals surface area contributed by atoms with Crippen molar-refractivity contribution in [2.24, 2.45) is 0 Å². The minimum atomic E-state index is -0.332. The quantitative estimate of drug-likeness (QED) is 0.455. The van der Waals surface area contributed by atoms with Crippen molar-refractivity contribution in [2.45, 2.75) is 27.2 Å². The fraction of sp³-hybridized carbons (Fsp3) is 0.214. The molecule has 33 heavy (non-hydrogen) atoms. The van der Waals surface area contributed by atoms with Gasteiger partial charge in [0.25, 0.3) is 11.8 Å². The number of rotatable bonds is 7. The van der Waals surface area contributed by atoms with Crippen LogP contribution in [0.1, 0.15) is 30.0 Å². The number of hydrogen-bond acceptors (Lipinski definition) is 4. The zero-order valence-corrected chi connectivity index (χ0v) is 19.5. The molecular weight excluding hydrogens is 412 g/mol. The van der Waals surface area contributed by atoms with Crippen molar-refractivity contribution < 1.29 is 14.3 Å². The minimum Gasteiger partial charge on any atom is -0.494 e. The molecule has 0 spiro atoms. The van der Waals surface area contributed by atoms with E-state index in [4.69, 9.17) is 4.74 Å². The maximum absolute atomic E-state index is 13.8. The monoisotopic (exact) mass is 440 g/mol. The van der Waals surface area contributed by atoms with E-state index in [-0.39, 0.29) is 11.8 Å². The Hall–Kier alpha value is -3.86. The van der Waals surface area contributed by atoms with Crippen LogP contribution in [-0.4, -0.2) is 25.5 Å². The zero-order chi connectivity index (χ0) is 23.5. The van der Waals surface area contributed by atoms with E-state index in [0.29, 0.717) is 29.1 Å². The second-order valence-corrected chi connectivity index (χ2v) is 8.16. The van der Waals surface area contributed by atoms with E-state index in [9.17, 15) is 9.59 Å². The van der Waals surface area contributed by atoms with E-state index in [1.165, 1.54) is 4.90 Å². The van der Waals surface area contributed by atoms with Gasteiger partial charge in [-0.1, -0.05) is 49.4 Å². The van der Waals surface area contributed by atoms with E-state index < -0.39 is 0 Å². The summed E-state index contributed by atoms with van der Waals surface area (Å²) in [7, 11) is 1.82. The molecule has 0 atom stereocenters. The van der Waals surface area contributed by atoms with Crippen molar-refractivity contribution >= 4 is 28.8 Å². The summed E-state index contributed by atoms with van der Waals surface area (Å²) in [5, 5.41) is 0. The second kappa shape index (κ2) is 9.33. The van der Waals surface area contributed by atoms with Gasteiger partial charge in [-0.15, -0.1) is 0 Å². The number of para-hydroxylation sites is 1. The van der Waals surface area contributed by atoms with E-state index in [0.717, 1.165) is 29.0 Å². The van der Waals surface area contributed by atoms with Crippen LogP contribution in [0.25, 0.3) is 5.57 Å². The van der Waals surface area contributed by atoms with Gasteiger partial charge in [0.15, 0.2) is 0 Å². The molecule has 2 amide bonds. The standard InChI is InChI=1S/C28H28N2O3/c1-5-18-33-23-16-14-21(15-17-23)25-26(29(4)22-11-7-6-8-12-22)28(32)30(27(25)31)24-13-9-10-19(2)20(24)3/h6-17H,5,18H2,1-4H3. The minimum absolute atomic E-state index is 0.325. The Bertz CT molecular complexity index is 1210. The van der Waals surface area contributed by atoms with E-state index in [1.807, 2.05) is 93.7 Å². The van der Waals surface area contributed by atoms with E-state index >= 15 is 0 Å². The number of ether oxygens (including phenoxy) is 1. The Labute approximate surface area is 194 Å². The topological polar surface area (TPSA) is 49.9 Å². The third-order valence-electron chi connectivity index (χ3n) is 5.97. The van der Waals surface area contributed by atoms with Gasteiger partial charge in [0, 0.05) is 12.7 Å². The first kappa shape index (κ1) is 22.3. The normalized spacial score (nSPS) is 13.6. The number of nitrogens with zero attached hydrogens (tertiary/aromatic N) is 2. The number of carbonyl (C=O) groups is 2. The molecule has 0 saturated carbocycles. The average molecular weight is 441 g/mol. The highest BCUT2D eigenvalue weighted by atomic mass is 16.5. The highest BCUT2D eigenvalue weighted by molar-refractivity contribution is 6.46. The van der Waals surface area contributed by atoms with Crippen LogP contribution in [0, 0.1) is 13.8 Å². The molecule has 5 heteroatoms. The molecule has 5 nitrogen and oxygen atoms in total. The summed E-state index contributed by atoms with van der Waals surface area (Å²) in [6, 6.07) is 22.6. The van der Waals surface area contributed by atoms with Gasteiger partial charge in [0.1, 0.15) is 11.4 Å². The molecule has 3 aromatic carbocycles. The largest absolute Gasteiger partial charge is 0.494 e. The van der Waals surface area contributed by atoms with Gasteiger partial charge < -0.3 is 9.64 Å². The van der Waals surface area contributed by atoms with Crippen molar-refractivity contribution in [1.29, 1.82) is 0 Å². The number of carbonyl (C=O) groups excluding carboxylic acids is 2. The number of amides is 2. The zero-order valence-electron chi connectivity index (χ0n) is 19.5. The van der Waals surface area contributed by atoms with Gasteiger partial charge in [-0.25, -0.2) is 4.90 Å². The third-order valence-corrected chi connectivity index (χ3v) is 5.97. The Morgan fingerprint density at radius 1 is 0.848 bits per heavy atom. The van der Waals surface area contributed by atoms with Crippen molar-refractivity contribution in [1.82, 2.24) is 0 Å². The lowest BCUT2D eigenvalue weighted by Crippen LogP contribution is -2.34. The Morgan fingerprint density at radius 3 is 2.21 bits per heavy atom. The predicted molar refractivity (Wildman–Crippen MR) is 132 cm³/mol. The number of benzene rings is 3. The Balaban J connectivity index is 1.83. The van der Waals surface area contributed by atoms with Gasteiger partial charge in [-0.3, -0.25) is 9.59 Å². The van der Waals surface area contributed by atoms with Crippen molar-refractivity contribution in [3.8, 4) is 5.75 Å². The molecule has 1 heterocycles. The van der Waals surface area contributed by atoms with E-state index in [2.05, 4.69) is 6.92 Å². The summed E-state index contributed by atoms with van der Waals surface area (Å²) in [6.07, 6.45) is 0.913. The molecule has 3 aromatic rings. The van der Waals surface area contributed by atoms with Crippen molar-refractivity contribution in [2.75, 3.05) is 23.5 Å². The summed E-state index contributed by atoms with van der Waals surface area (Å²) >= 11 is 0. The van der Waals surface area contributed by atoms with Crippen LogP contribution in [-0.2, 0) is 9.59 Å². The molecule has 0 aromatic heterocycles. The second-order valence-electron chi connectivity index (χ2n) is 8.16. The molecule has 1 aliphatic heterocycles. The molecule has 0 N–H and O–H groups in total. The summed E-state index contributed by atoms with van der Waals surface area (Å²) < 4.78 is 5.69. The summed E-state index contributed by atoms with van der Waals surface area (Å²) in [6.45, 7) is 6.59. The molecule has 1 aliphatic rings. The van der Waals surface area contributed by atoms with Crippen LogP contribution in [0.4, 0.5) is 11.4 Å². The molecule has 0 bridgehead atoms. The van der Waals surface area contributed by atoms with Crippen LogP contribution in [0.5, 0.6) is 5.75 Å². The summed E-state index contributed by atoms with van der Waals surface area (Å²) in [5.74, 6) is 0.0809. The Morgan fingerprint density at radius 2 is 1.55 bits per heavy atom. The summed E-state index contributed by atoms with van der Waals surface area (Å²) in [4.78, 5) is 30.6. The molecule has 4 rings (SSSR count). The molecule has 0 radical (unpaired) electrons. The third kappa shape index (κ3) is 4.14. The van der Waals surface area contributed by atoms with Crippen molar-refractivity contribution in [3.63, 3.8) is 0 Å². The first-order valence-electron chi connectivity index (χ1n) is 11.1. The lowest BCUT2D eigenvalue weighted by Gasteiger charge is -2.22. The van der Waals surface area contributed by atoms with Gasteiger partial charge in [0.2, 0.25) is 0 Å². The van der Waals surface area contributed by atoms with Gasteiger partial charge in [-0.2, -0.15) is 0 Å². The molecule has 0 saturated heterocycles. The van der Waals surface area contributed by atoms with Crippen LogP contribution < -0.4 is 14.5 Å². The van der Waals surface area contributed by atoms with Crippen molar-refractivity contribution in [3.05, 3.63) is 95.2 Å². The smallest absolute Gasteiger partial charge is 0.282 e. The fourth-order valence-corrected chi connectivity index (χ4v) is 4.00. The maximum atomic E-state index is 13.8. The first-order valence-corrected chi connectivity index (χ1v) is 11.1. The highest BCUT2D eigenvalue weighted by Crippen LogP contribution is 2.38.